The third-order valence-electron chi connectivity index (χ3n) is 2.51. The van der Waals surface area contributed by atoms with E-state index in [0.29, 0.717) is 11.4 Å². The molecule has 23 heavy (non-hydrogen) atoms. The number of nitrogens with one attached hydrogen (secondary N) is 4. The summed E-state index contributed by atoms with van der Waals surface area (Å²) in [5, 5.41) is 20.2. The van der Waals surface area contributed by atoms with Gasteiger partial charge in [0.2, 0.25) is 0 Å². The first-order chi connectivity index (χ1) is 10.4. The number of hydrogen-bond acceptors (Lipinski definition) is 6. The SMILES string of the molecule is [NH-][C@@H](Cc1c[nH]cn1)C(=O)[O-].[NH-][C@@H](Cc1c[nH]cn1)C(=O)[O-].[Zn+2]. The zero-order valence-electron chi connectivity index (χ0n) is 12.1. The summed E-state index contributed by atoms with van der Waals surface area (Å²) in [6, 6.07) is -2.45. The molecular formula is C12H14N6O4Zn-2. The van der Waals surface area contributed by atoms with Crippen LogP contribution in [0.25, 0.3) is 11.5 Å². The minimum absolute atomic E-state index is 0. The van der Waals surface area contributed by atoms with Gasteiger partial charge in [-0.1, -0.05) is 12.1 Å². The molecule has 2 atom stereocenters. The molecule has 0 radical (unpaired) electrons. The van der Waals surface area contributed by atoms with Crippen molar-refractivity contribution in [1.29, 1.82) is 0 Å². The van der Waals surface area contributed by atoms with Crippen molar-refractivity contribution >= 4 is 11.9 Å². The van der Waals surface area contributed by atoms with Gasteiger partial charge in [0, 0.05) is 24.3 Å². The van der Waals surface area contributed by atoms with Crippen LogP contribution < -0.4 is 10.2 Å². The van der Waals surface area contributed by atoms with Crippen LogP contribution in [0.5, 0.6) is 0 Å². The summed E-state index contributed by atoms with van der Waals surface area (Å²) in [5.74, 6) is -2.74. The van der Waals surface area contributed by atoms with E-state index >= 15 is 0 Å². The molecule has 2 heterocycles. The third-order valence-corrected chi connectivity index (χ3v) is 2.51. The molecule has 2 aromatic heterocycles. The first kappa shape index (κ1) is 20.9. The quantitative estimate of drug-likeness (QED) is 0.566. The Hall–Kier alpha value is -2.10. The van der Waals surface area contributed by atoms with Crippen LogP contribution >= 0.6 is 0 Å². The van der Waals surface area contributed by atoms with Gasteiger partial charge in [0.15, 0.2) is 0 Å². The van der Waals surface area contributed by atoms with Gasteiger partial charge in [0.05, 0.1) is 24.0 Å². The summed E-state index contributed by atoms with van der Waals surface area (Å²) in [5.41, 5.74) is 15.1. The van der Waals surface area contributed by atoms with Crippen LogP contribution in [0.15, 0.2) is 25.0 Å². The van der Waals surface area contributed by atoms with Crippen molar-refractivity contribution in [3.63, 3.8) is 0 Å². The Labute approximate surface area is 144 Å². The molecular weight excluding hydrogens is 358 g/mol. The molecule has 0 spiro atoms. The zero-order valence-corrected chi connectivity index (χ0v) is 15.1. The molecule has 0 aromatic carbocycles. The van der Waals surface area contributed by atoms with E-state index in [4.69, 9.17) is 11.5 Å². The molecule has 0 saturated heterocycles. The van der Waals surface area contributed by atoms with Gasteiger partial charge < -0.3 is 41.2 Å². The molecule has 0 aliphatic carbocycles. The summed E-state index contributed by atoms with van der Waals surface area (Å²) in [4.78, 5) is 33.1. The number of hydrogen-bond donors (Lipinski definition) is 2. The fraction of sp³-hybridized carbons (Fsp3) is 0.333. The van der Waals surface area contributed by atoms with Crippen molar-refractivity contribution in [1.82, 2.24) is 19.9 Å². The van der Waals surface area contributed by atoms with E-state index in [9.17, 15) is 19.8 Å². The van der Waals surface area contributed by atoms with E-state index in [1.807, 2.05) is 0 Å². The number of imidazole rings is 2. The summed E-state index contributed by atoms with van der Waals surface area (Å²) >= 11 is 0. The van der Waals surface area contributed by atoms with Crippen molar-refractivity contribution in [3.05, 3.63) is 47.9 Å². The Morgan fingerprint density at radius 1 is 0.957 bits per heavy atom. The zero-order chi connectivity index (χ0) is 16.5. The largest absolute Gasteiger partial charge is 2.00 e. The Morgan fingerprint density at radius 3 is 1.52 bits per heavy atom. The maximum absolute atomic E-state index is 10.1. The molecule has 11 heteroatoms. The average Bonchev–Trinajstić information content (AvgIpc) is 3.12. The fourth-order valence-corrected chi connectivity index (χ4v) is 1.39. The van der Waals surface area contributed by atoms with Crippen LogP contribution in [0.4, 0.5) is 0 Å². The summed E-state index contributed by atoms with van der Waals surface area (Å²) < 4.78 is 0. The maximum Gasteiger partial charge on any atom is 2.00 e. The summed E-state index contributed by atoms with van der Waals surface area (Å²) in [6.45, 7) is 0. The van der Waals surface area contributed by atoms with Crippen LogP contribution in [0.2, 0.25) is 0 Å². The molecule has 0 amide bonds. The van der Waals surface area contributed by atoms with E-state index < -0.39 is 24.0 Å². The van der Waals surface area contributed by atoms with Gasteiger partial charge in [0.25, 0.3) is 0 Å². The number of carbonyl (C=O) groups is 2. The van der Waals surface area contributed by atoms with Crippen molar-refractivity contribution in [3.8, 4) is 0 Å². The average molecular weight is 372 g/mol. The minimum Gasteiger partial charge on any atom is -0.670 e. The molecule has 120 valence electrons. The van der Waals surface area contributed by atoms with E-state index in [1.54, 1.807) is 12.4 Å². The van der Waals surface area contributed by atoms with Crippen molar-refractivity contribution in [2.24, 2.45) is 0 Å². The predicted octanol–water partition coefficient (Wildman–Crippen LogP) is -1.76. The molecule has 0 saturated carbocycles. The van der Waals surface area contributed by atoms with E-state index in [2.05, 4.69) is 19.9 Å². The number of H-pyrrole nitrogens is 2. The molecule has 10 nitrogen and oxygen atoms in total. The van der Waals surface area contributed by atoms with Crippen LogP contribution in [0.3, 0.4) is 0 Å². The summed E-state index contributed by atoms with van der Waals surface area (Å²) in [6.07, 6.45) is 6.18. The molecule has 2 aromatic rings. The van der Waals surface area contributed by atoms with Gasteiger partial charge in [-0.15, -0.1) is 0 Å². The predicted molar refractivity (Wildman–Crippen MR) is 70.8 cm³/mol. The molecule has 0 bridgehead atoms. The van der Waals surface area contributed by atoms with Gasteiger partial charge >= 0.3 is 19.5 Å². The van der Waals surface area contributed by atoms with Crippen molar-refractivity contribution < 1.29 is 39.3 Å². The Bertz CT molecular complexity index is 522. The second-order valence-corrected chi connectivity index (χ2v) is 4.27. The first-order valence-corrected chi connectivity index (χ1v) is 6.19. The van der Waals surface area contributed by atoms with Crippen molar-refractivity contribution in [2.75, 3.05) is 0 Å². The number of nitrogens with zero attached hydrogens (tertiary/aromatic N) is 2. The van der Waals surface area contributed by atoms with Crippen LogP contribution in [-0.2, 0) is 41.9 Å². The number of aliphatic carboxylic acids is 2. The molecule has 0 aliphatic rings. The van der Waals surface area contributed by atoms with Crippen LogP contribution in [0.1, 0.15) is 11.4 Å². The van der Waals surface area contributed by atoms with Crippen LogP contribution in [0, 0.1) is 0 Å². The Balaban J connectivity index is 0.000000403. The number of aromatic amines is 2. The molecule has 0 unspecified atom stereocenters. The fourth-order valence-electron chi connectivity index (χ4n) is 1.39. The van der Waals surface area contributed by atoms with Crippen molar-refractivity contribution in [2.45, 2.75) is 24.9 Å². The topological polar surface area (TPSA) is 185 Å². The van der Waals surface area contributed by atoms with Gasteiger partial charge in [-0.25, -0.2) is 9.97 Å². The van der Waals surface area contributed by atoms with Gasteiger partial charge in [-0.2, -0.15) is 0 Å². The molecule has 0 aliphatic heterocycles. The number of aromatic nitrogens is 4. The molecule has 2 rings (SSSR count). The van der Waals surface area contributed by atoms with E-state index in [-0.39, 0.29) is 32.3 Å². The Kier molecular flexibility index (Phi) is 9.63. The van der Waals surface area contributed by atoms with Crippen LogP contribution in [-0.4, -0.2) is 44.0 Å². The number of carboxylic acids is 2. The third kappa shape index (κ3) is 8.19. The molecule has 4 N–H and O–H groups in total. The first-order valence-electron chi connectivity index (χ1n) is 6.19. The van der Waals surface area contributed by atoms with E-state index in [1.165, 1.54) is 12.7 Å². The minimum atomic E-state index is -1.37. The number of carboxylic acid groups (broad SMARTS) is 2. The monoisotopic (exact) mass is 370 g/mol. The van der Waals surface area contributed by atoms with Gasteiger partial charge in [0.1, 0.15) is 0 Å². The second-order valence-electron chi connectivity index (χ2n) is 4.27. The number of carbonyl (C=O) groups excluding carboxylic acids is 2. The maximum atomic E-state index is 10.1. The van der Waals surface area contributed by atoms with E-state index in [0.717, 1.165) is 0 Å². The molecule has 0 fully saturated rings. The number of rotatable bonds is 6. The standard InChI is InChI=1S/2C6H8N3O2.Zn/c2*7-5(6(10)11)1-4-2-8-3-9-4;/h2*2-3,5,7H,1H2,(H,8,9)(H,10,11);/q2*-1;+2/p-2/t2*5-;/m00./s1. The summed E-state index contributed by atoms with van der Waals surface area (Å²) in [7, 11) is 0. The normalized spacial score (nSPS) is 12.3. The van der Waals surface area contributed by atoms with Gasteiger partial charge in [-0.3, -0.25) is 0 Å². The van der Waals surface area contributed by atoms with Gasteiger partial charge in [-0.05, 0) is 12.8 Å². The Morgan fingerprint density at radius 2 is 1.30 bits per heavy atom. The smallest absolute Gasteiger partial charge is 0.670 e. The second kappa shape index (κ2) is 10.6.